The molecule has 1 aromatic rings. The van der Waals surface area contributed by atoms with Gasteiger partial charge in [0.25, 0.3) is 0 Å². The molecule has 2 N–H and O–H groups in total. The van der Waals surface area contributed by atoms with Crippen molar-refractivity contribution in [2.45, 2.75) is 50.2 Å². The van der Waals surface area contributed by atoms with Crippen LogP contribution in [0.15, 0.2) is 24.3 Å². The molecule has 0 spiro atoms. The predicted octanol–water partition coefficient (Wildman–Crippen LogP) is 3.34. The summed E-state index contributed by atoms with van der Waals surface area (Å²) in [6, 6.07) is 8.85. The van der Waals surface area contributed by atoms with E-state index in [-0.39, 0.29) is 6.10 Å². The van der Waals surface area contributed by atoms with Crippen LogP contribution in [0.4, 0.5) is 0 Å². The fourth-order valence-corrected chi connectivity index (χ4v) is 3.59. The Morgan fingerprint density at radius 1 is 1.26 bits per heavy atom. The van der Waals surface area contributed by atoms with E-state index in [1.165, 1.54) is 31.2 Å². The number of aliphatic hydroxyl groups excluding tert-OH is 1. The molecule has 3 rings (SSSR count). The maximum Gasteiger partial charge on any atom is 0.0580 e. The molecular weight excluding hydrogens is 258 g/mol. The maximum atomic E-state index is 9.80. The number of nitrogens with one attached hydrogen (secondary N) is 1. The Labute approximate surface area is 120 Å². The fourth-order valence-electron chi connectivity index (χ4n) is 3.39. The van der Waals surface area contributed by atoms with Gasteiger partial charge >= 0.3 is 0 Å². The maximum absolute atomic E-state index is 9.80. The van der Waals surface area contributed by atoms with Crippen LogP contribution in [0, 0.1) is 5.92 Å². The van der Waals surface area contributed by atoms with Gasteiger partial charge in [0.05, 0.1) is 6.10 Å². The third-order valence-corrected chi connectivity index (χ3v) is 4.98. The minimum absolute atomic E-state index is 0.0729. The Morgan fingerprint density at radius 2 is 2.11 bits per heavy atom. The molecule has 2 fully saturated rings. The first-order chi connectivity index (χ1) is 9.22. The smallest absolute Gasteiger partial charge is 0.0580 e. The molecule has 0 heterocycles. The first kappa shape index (κ1) is 13.4. The Balaban J connectivity index is 1.43. The summed E-state index contributed by atoms with van der Waals surface area (Å²) in [5, 5.41) is 14.2. The molecule has 0 radical (unpaired) electrons. The fraction of sp³-hybridized carbons (Fsp3) is 0.625. The second-order valence-corrected chi connectivity index (χ2v) is 6.52. The van der Waals surface area contributed by atoms with Crippen LogP contribution in [0.25, 0.3) is 0 Å². The highest BCUT2D eigenvalue weighted by atomic mass is 35.5. The van der Waals surface area contributed by atoms with Crippen LogP contribution >= 0.6 is 11.6 Å². The van der Waals surface area contributed by atoms with E-state index in [9.17, 15) is 5.11 Å². The van der Waals surface area contributed by atoms with E-state index >= 15 is 0 Å². The van der Waals surface area contributed by atoms with E-state index in [1.54, 1.807) is 0 Å². The van der Waals surface area contributed by atoms with Crippen LogP contribution in [0.3, 0.4) is 0 Å². The summed E-state index contributed by atoms with van der Waals surface area (Å²) < 4.78 is 0. The van der Waals surface area contributed by atoms with Crippen molar-refractivity contribution in [3.8, 4) is 0 Å². The van der Waals surface area contributed by atoms with Crippen molar-refractivity contribution in [3.63, 3.8) is 0 Å². The van der Waals surface area contributed by atoms with E-state index in [4.69, 9.17) is 11.6 Å². The number of hydrogen-bond donors (Lipinski definition) is 2. The van der Waals surface area contributed by atoms with Crippen LogP contribution in [-0.4, -0.2) is 23.8 Å². The third kappa shape index (κ3) is 3.13. The van der Waals surface area contributed by atoms with Crippen molar-refractivity contribution >= 4 is 11.6 Å². The van der Waals surface area contributed by atoms with Crippen molar-refractivity contribution in [1.82, 2.24) is 5.32 Å². The monoisotopic (exact) mass is 279 g/mol. The Kier molecular flexibility index (Phi) is 4.11. The summed E-state index contributed by atoms with van der Waals surface area (Å²) in [6.07, 6.45) is 5.67. The van der Waals surface area contributed by atoms with Crippen molar-refractivity contribution < 1.29 is 5.11 Å². The van der Waals surface area contributed by atoms with Crippen molar-refractivity contribution in [2.75, 3.05) is 6.54 Å². The number of halogens is 1. The summed E-state index contributed by atoms with van der Waals surface area (Å²) in [7, 11) is 0. The van der Waals surface area contributed by atoms with E-state index in [1.807, 2.05) is 12.1 Å². The predicted molar refractivity (Wildman–Crippen MR) is 78.6 cm³/mol. The second kappa shape index (κ2) is 5.82. The average molecular weight is 280 g/mol. The van der Waals surface area contributed by atoms with Gasteiger partial charge in [0.2, 0.25) is 0 Å². The number of rotatable bonds is 4. The van der Waals surface area contributed by atoms with Crippen LogP contribution in [-0.2, 0) is 0 Å². The van der Waals surface area contributed by atoms with E-state index in [0.717, 1.165) is 18.0 Å². The van der Waals surface area contributed by atoms with E-state index in [2.05, 4.69) is 17.4 Å². The van der Waals surface area contributed by atoms with Crippen molar-refractivity contribution in [3.05, 3.63) is 34.9 Å². The molecule has 2 aliphatic carbocycles. The van der Waals surface area contributed by atoms with Crippen LogP contribution < -0.4 is 5.32 Å². The molecule has 0 aromatic heterocycles. The summed E-state index contributed by atoms with van der Waals surface area (Å²) in [4.78, 5) is 0. The van der Waals surface area contributed by atoms with Gasteiger partial charge in [-0.2, -0.15) is 0 Å². The molecule has 2 atom stereocenters. The number of aliphatic hydroxyl groups is 1. The van der Waals surface area contributed by atoms with Crippen LogP contribution in [0.5, 0.6) is 0 Å². The average Bonchev–Trinajstić information content (AvgIpc) is 2.73. The molecular formula is C16H22ClNO. The molecule has 2 unspecified atom stereocenters. The van der Waals surface area contributed by atoms with Gasteiger partial charge in [-0.25, -0.2) is 0 Å². The summed E-state index contributed by atoms with van der Waals surface area (Å²) >= 11 is 6.03. The summed E-state index contributed by atoms with van der Waals surface area (Å²) in [5.74, 6) is 1.13. The summed E-state index contributed by atoms with van der Waals surface area (Å²) in [6.45, 7) is 0.980. The van der Waals surface area contributed by atoms with Crippen LogP contribution in [0.2, 0.25) is 5.02 Å². The molecule has 2 saturated carbocycles. The van der Waals surface area contributed by atoms with Crippen LogP contribution in [0.1, 0.15) is 43.6 Å². The van der Waals surface area contributed by atoms with Gasteiger partial charge in [-0.05, 0) is 55.2 Å². The highest BCUT2D eigenvalue weighted by Gasteiger charge is 2.32. The van der Waals surface area contributed by atoms with E-state index < -0.39 is 0 Å². The standard InChI is InChI=1S/C16H22ClNO/c17-14-5-1-3-11(7-14)13-8-15(9-13)18-10-12-4-2-6-16(12)19/h1,3,5,7,12-13,15-16,18-19H,2,4,6,8-10H2. The van der Waals surface area contributed by atoms with Gasteiger partial charge in [-0.15, -0.1) is 0 Å². The molecule has 3 heteroatoms. The number of benzene rings is 1. The highest BCUT2D eigenvalue weighted by Crippen LogP contribution is 2.38. The zero-order valence-electron chi connectivity index (χ0n) is 11.2. The lowest BCUT2D eigenvalue weighted by atomic mass is 9.76. The van der Waals surface area contributed by atoms with Gasteiger partial charge in [0.1, 0.15) is 0 Å². The van der Waals surface area contributed by atoms with Gasteiger partial charge in [-0.3, -0.25) is 0 Å². The minimum Gasteiger partial charge on any atom is -0.393 e. The van der Waals surface area contributed by atoms with Gasteiger partial charge in [0, 0.05) is 17.6 Å². The lowest BCUT2D eigenvalue weighted by molar-refractivity contribution is 0.125. The normalized spacial score (nSPS) is 34.2. The lowest BCUT2D eigenvalue weighted by Gasteiger charge is -2.37. The lowest BCUT2D eigenvalue weighted by Crippen LogP contribution is -2.43. The molecule has 2 nitrogen and oxygen atoms in total. The highest BCUT2D eigenvalue weighted by molar-refractivity contribution is 6.30. The molecule has 0 saturated heterocycles. The molecule has 0 amide bonds. The number of hydrogen-bond acceptors (Lipinski definition) is 2. The minimum atomic E-state index is -0.0729. The summed E-state index contributed by atoms with van der Waals surface area (Å²) in [5.41, 5.74) is 1.37. The Bertz CT molecular complexity index is 431. The second-order valence-electron chi connectivity index (χ2n) is 6.09. The van der Waals surface area contributed by atoms with Gasteiger partial charge in [0.15, 0.2) is 0 Å². The largest absolute Gasteiger partial charge is 0.393 e. The van der Waals surface area contributed by atoms with E-state index in [0.29, 0.717) is 17.9 Å². The van der Waals surface area contributed by atoms with Crippen molar-refractivity contribution in [1.29, 1.82) is 0 Å². The molecule has 1 aromatic carbocycles. The van der Waals surface area contributed by atoms with Crippen molar-refractivity contribution in [2.24, 2.45) is 5.92 Å². The quantitative estimate of drug-likeness (QED) is 0.886. The van der Waals surface area contributed by atoms with Gasteiger partial charge < -0.3 is 10.4 Å². The van der Waals surface area contributed by atoms with Gasteiger partial charge in [-0.1, -0.05) is 30.2 Å². The zero-order valence-corrected chi connectivity index (χ0v) is 11.9. The zero-order chi connectivity index (χ0) is 13.2. The Hall–Kier alpha value is -0.570. The molecule has 104 valence electrons. The first-order valence-corrected chi connectivity index (χ1v) is 7.77. The third-order valence-electron chi connectivity index (χ3n) is 4.75. The molecule has 0 bridgehead atoms. The molecule has 2 aliphatic rings. The first-order valence-electron chi connectivity index (χ1n) is 7.39. The molecule has 0 aliphatic heterocycles. The Morgan fingerprint density at radius 3 is 2.79 bits per heavy atom. The SMILES string of the molecule is OC1CCCC1CNC1CC(c2cccc(Cl)c2)C1. The molecule has 19 heavy (non-hydrogen) atoms. The topological polar surface area (TPSA) is 32.3 Å².